The highest BCUT2D eigenvalue weighted by atomic mass is 32.2. The van der Waals surface area contributed by atoms with Crippen molar-refractivity contribution in [2.24, 2.45) is 0 Å². The predicted molar refractivity (Wildman–Crippen MR) is 70.4 cm³/mol. The third-order valence-corrected chi connectivity index (χ3v) is 6.32. The highest BCUT2D eigenvalue weighted by Gasteiger charge is 2.47. The molecule has 0 amide bonds. The molecule has 0 bridgehead atoms. The van der Waals surface area contributed by atoms with Crippen molar-refractivity contribution in [3.05, 3.63) is 0 Å². The molecule has 0 atom stereocenters. The van der Waals surface area contributed by atoms with Crippen LogP contribution in [0.1, 0.15) is 45.4 Å². The van der Waals surface area contributed by atoms with E-state index in [1.807, 2.05) is 6.92 Å². The van der Waals surface area contributed by atoms with Gasteiger partial charge in [0.15, 0.2) is 0 Å². The minimum atomic E-state index is -3.38. The number of β-amino-alcohol motifs (C(OH)–C–C–N with tert-alkyl or cyclic N) is 1. The summed E-state index contributed by atoms with van der Waals surface area (Å²) in [5.41, 5.74) is -0.805. The van der Waals surface area contributed by atoms with Gasteiger partial charge in [0, 0.05) is 26.2 Å². The second kappa shape index (κ2) is 5.07. The average molecular weight is 276 g/mol. The van der Waals surface area contributed by atoms with E-state index >= 15 is 0 Å². The molecule has 2 aliphatic rings. The molecule has 1 aliphatic carbocycles. The van der Waals surface area contributed by atoms with E-state index in [0.717, 1.165) is 25.7 Å². The van der Waals surface area contributed by atoms with Crippen molar-refractivity contribution < 1.29 is 13.5 Å². The molecule has 0 unspecified atom stereocenters. The fourth-order valence-electron chi connectivity index (χ4n) is 2.81. The second-order valence-electron chi connectivity index (χ2n) is 5.66. The monoisotopic (exact) mass is 276 g/mol. The summed E-state index contributed by atoms with van der Waals surface area (Å²) in [5.74, 6) is 0. The number of hydrogen-bond donors (Lipinski definition) is 1. The third-order valence-electron chi connectivity index (χ3n) is 4.38. The van der Waals surface area contributed by atoms with Gasteiger partial charge in [-0.05, 0) is 19.3 Å². The van der Waals surface area contributed by atoms with Gasteiger partial charge in [0.25, 0.3) is 10.2 Å². The van der Waals surface area contributed by atoms with Crippen molar-refractivity contribution in [2.45, 2.75) is 57.1 Å². The van der Waals surface area contributed by atoms with Gasteiger partial charge < -0.3 is 5.11 Å². The minimum absolute atomic E-state index is 0.138. The average Bonchev–Trinajstić information content (AvgIpc) is 2.35. The lowest BCUT2D eigenvalue weighted by Crippen LogP contribution is -2.65. The van der Waals surface area contributed by atoms with Gasteiger partial charge >= 0.3 is 0 Å². The maximum absolute atomic E-state index is 12.4. The Morgan fingerprint density at radius 2 is 1.83 bits per heavy atom. The molecule has 2 fully saturated rings. The zero-order valence-corrected chi connectivity index (χ0v) is 12.1. The van der Waals surface area contributed by atoms with Crippen molar-refractivity contribution in [3.8, 4) is 0 Å². The first kappa shape index (κ1) is 14.2. The van der Waals surface area contributed by atoms with Crippen LogP contribution < -0.4 is 0 Å². The molecule has 1 heterocycles. The lowest BCUT2D eigenvalue weighted by molar-refractivity contribution is -0.0638. The standard InChI is InChI=1S/C12H24N2O3S/c1-3-12(15)9-14(10-12)18(16,17)13(2)11-7-5-4-6-8-11/h11,15H,3-10H2,1-2H3. The van der Waals surface area contributed by atoms with E-state index < -0.39 is 15.8 Å². The summed E-state index contributed by atoms with van der Waals surface area (Å²) in [6, 6.07) is 0.138. The molecule has 106 valence electrons. The number of rotatable bonds is 4. The number of hydrogen-bond acceptors (Lipinski definition) is 3. The maximum atomic E-state index is 12.4. The Morgan fingerprint density at radius 1 is 1.28 bits per heavy atom. The first-order chi connectivity index (χ1) is 8.39. The SMILES string of the molecule is CCC1(O)CN(S(=O)(=O)N(C)C2CCCCC2)C1. The Bertz CT molecular complexity index is 384. The van der Waals surface area contributed by atoms with Crippen LogP contribution in [-0.2, 0) is 10.2 Å². The lowest BCUT2D eigenvalue weighted by atomic mass is 9.94. The van der Waals surface area contributed by atoms with E-state index in [1.165, 1.54) is 15.0 Å². The van der Waals surface area contributed by atoms with Gasteiger partial charge in [-0.1, -0.05) is 26.2 Å². The molecule has 0 aromatic heterocycles. The molecule has 1 aliphatic heterocycles. The van der Waals surface area contributed by atoms with Crippen molar-refractivity contribution in [1.82, 2.24) is 8.61 Å². The summed E-state index contributed by atoms with van der Waals surface area (Å²) in [7, 11) is -1.70. The van der Waals surface area contributed by atoms with Crippen molar-refractivity contribution in [2.75, 3.05) is 20.1 Å². The van der Waals surface area contributed by atoms with Gasteiger partial charge in [0.1, 0.15) is 0 Å². The van der Waals surface area contributed by atoms with Gasteiger partial charge in [-0.25, -0.2) is 0 Å². The van der Waals surface area contributed by atoms with Crippen molar-refractivity contribution in [3.63, 3.8) is 0 Å². The fraction of sp³-hybridized carbons (Fsp3) is 1.00. The van der Waals surface area contributed by atoms with Crippen molar-refractivity contribution in [1.29, 1.82) is 0 Å². The number of nitrogens with zero attached hydrogens (tertiary/aromatic N) is 2. The topological polar surface area (TPSA) is 60.9 Å². The van der Waals surface area contributed by atoms with E-state index in [9.17, 15) is 13.5 Å². The van der Waals surface area contributed by atoms with Crippen LogP contribution >= 0.6 is 0 Å². The number of aliphatic hydroxyl groups is 1. The van der Waals surface area contributed by atoms with Gasteiger partial charge in [0.2, 0.25) is 0 Å². The van der Waals surface area contributed by atoms with Crippen LogP contribution in [0.25, 0.3) is 0 Å². The van der Waals surface area contributed by atoms with Crippen LogP contribution in [0, 0.1) is 0 Å². The Morgan fingerprint density at radius 3 is 2.33 bits per heavy atom. The highest BCUT2D eigenvalue weighted by molar-refractivity contribution is 7.86. The molecule has 0 aromatic carbocycles. The largest absolute Gasteiger partial charge is 0.387 e. The summed E-state index contributed by atoms with van der Waals surface area (Å²) in [6.45, 7) is 2.36. The van der Waals surface area contributed by atoms with Gasteiger partial charge in [-0.15, -0.1) is 0 Å². The van der Waals surface area contributed by atoms with Crippen LogP contribution in [-0.4, -0.2) is 53.9 Å². The minimum Gasteiger partial charge on any atom is -0.387 e. The molecule has 0 radical (unpaired) electrons. The first-order valence-corrected chi connectivity index (χ1v) is 8.24. The summed E-state index contributed by atoms with van der Waals surface area (Å²) in [5, 5.41) is 9.92. The first-order valence-electron chi connectivity index (χ1n) is 6.84. The molecular weight excluding hydrogens is 252 g/mol. The van der Waals surface area contributed by atoms with E-state index in [-0.39, 0.29) is 19.1 Å². The summed E-state index contributed by atoms with van der Waals surface area (Å²) in [6.07, 6.45) is 5.96. The Balaban J connectivity index is 1.99. The molecule has 6 heteroatoms. The maximum Gasteiger partial charge on any atom is 0.282 e. The van der Waals surface area contributed by atoms with Gasteiger partial charge in [-0.3, -0.25) is 0 Å². The van der Waals surface area contributed by atoms with Crippen LogP contribution in [0.3, 0.4) is 0 Å². The van der Waals surface area contributed by atoms with Gasteiger partial charge in [-0.2, -0.15) is 17.0 Å². The quantitative estimate of drug-likeness (QED) is 0.831. The van der Waals surface area contributed by atoms with Crippen LogP contribution in [0.5, 0.6) is 0 Å². The molecular formula is C12H24N2O3S. The Labute approximate surface area is 110 Å². The molecule has 18 heavy (non-hydrogen) atoms. The second-order valence-corrected chi connectivity index (χ2v) is 7.65. The molecule has 1 saturated heterocycles. The van der Waals surface area contributed by atoms with E-state index in [2.05, 4.69) is 0 Å². The Hall–Kier alpha value is -0.170. The van der Waals surface area contributed by atoms with Crippen LogP contribution in [0.2, 0.25) is 0 Å². The fourth-order valence-corrected chi connectivity index (χ4v) is 4.57. The Kier molecular flexibility index (Phi) is 4.02. The van der Waals surface area contributed by atoms with Crippen LogP contribution in [0.4, 0.5) is 0 Å². The van der Waals surface area contributed by atoms with Crippen LogP contribution in [0.15, 0.2) is 0 Å². The molecule has 5 nitrogen and oxygen atoms in total. The normalized spacial score (nSPS) is 26.2. The third kappa shape index (κ3) is 2.57. The molecule has 0 spiro atoms. The predicted octanol–water partition coefficient (Wildman–Crippen LogP) is 0.952. The lowest BCUT2D eigenvalue weighted by Gasteiger charge is -2.47. The molecule has 0 aromatic rings. The van der Waals surface area contributed by atoms with E-state index in [4.69, 9.17) is 0 Å². The van der Waals surface area contributed by atoms with E-state index in [0.29, 0.717) is 6.42 Å². The molecule has 1 N–H and O–H groups in total. The van der Waals surface area contributed by atoms with E-state index in [1.54, 1.807) is 7.05 Å². The zero-order chi connectivity index (χ0) is 13.4. The summed E-state index contributed by atoms with van der Waals surface area (Å²) in [4.78, 5) is 0. The molecule has 2 rings (SSSR count). The zero-order valence-electron chi connectivity index (χ0n) is 11.3. The smallest absolute Gasteiger partial charge is 0.282 e. The summed E-state index contributed by atoms with van der Waals surface area (Å²) >= 11 is 0. The molecule has 1 saturated carbocycles. The highest BCUT2D eigenvalue weighted by Crippen LogP contribution is 2.31. The van der Waals surface area contributed by atoms with Crippen molar-refractivity contribution >= 4 is 10.2 Å². The summed E-state index contributed by atoms with van der Waals surface area (Å²) < 4.78 is 27.6. The van der Waals surface area contributed by atoms with Gasteiger partial charge in [0.05, 0.1) is 5.60 Å².